The summed E-state index contributed by atoms with van der Waals surface area (Å²) in [6.45, 7) is 1.49. The first-order valence-corrected chi connectivity index (χ1v) is 10.4. The van der Waals surface area contributed by atoms with Crippen LogP contribution in [0.1, 0.15) is 24.3 Å². The van der Waals surface area contributed by atoms with Gasteiger partial charge in [-0.2, -0.15) is 4.73 Å². The van der Waals surface area contributed by atoms with Gasteiger partial charge < -0.3 is 19.8 Å². The van der Waals surface area contributed by atoms with Crippen molar-refractivity contribution < 1.29 is 14.3 Å². The molecule has 7 heteroatoms. The Morgan fingerprint density at radius 3 is 2.89 bits per heavy atom. The van der Waals surface area contributed by atoms with Crippen molar-refractivity contribution in [3.05, 3.63) is 59.6 Å². The molecule has 0 aliphatic carbocycles. The predicted octanol–water partition coefficient (Wildman–Crippen LogP) is 3.31. The number of rotatable bonds is 5. The molecular weight excluding hydrogens is 374 g/mol. The Morgan fingerprint density at radius 2 is 2.14 bits per heavy atom. The number of amides is 1. The summed E-state index contributed by atoms with van der Waals surface area (Å²) >= 11 is 1.29. The van der Waals surface area contributed by atoms with Gasteiger partial charge in [-0.1, -0.05) is 0 Å². The zero-order valence-electron chi connectivity index (χ0n) is 15.8. The SMILES string of the molecule is COc1ccc2[nH]cc(C3CCN(C(=O)CSc4cccc[n+]4[O-])CC3)c2c1. The molecular formula is C21H23N3O3S. The number of carbonyl (C=O) groups excluding carboxylic acids is 1. The van der Waals surface area contributed by atoms with Crippen molar-refractivity contribution in [2.45, 2.75) is 23.8 Å². The fourth-order valence-electron chi connectivity index (χ4n) is 3.78. The van der Waals surface area contributed by atoms with Crippen molar-refractivity contribution in [3.8, 4) is 5.75 Å². The minimum Gasteiger partial charge on any atom is -0.618 e. The number of nitrogens with zero attached hydrogens (tertiary/aromatic N) is 2. The van der Waals surface area contributed by atoms with Gasteiger partial charge in [0.1, 0.15) is 5.75 Å². The Labute approximate surface area is 168 Å². The second kappa shape index (κ2) is 8.14. The lowest BCUT2D eigenvalue weighted by molar-refractivity contribution is -0.645. The molecule has 2 aromatic heterocycles. The Balaban J connectivity index is 1.37. The maximum atomic E-state index is 12.5. The number of methoxy groups -OCH3 is 1. The van der Waals surface area contributed by atoms with E-state index in [1.807, 2.05) is 23.1 Å². The van der Waals surface area contributed by atoms with E-state index in [9.17, 15) is 10.0 Å². The first-order chi connectivity index (χ1) is 13.7. The highest BCUT2D eigenvalue weighted by Crippen LogP contribution is 2.34. The number of likely N-dealkylation sites (tertiary alicyclic amines) is 1. The van der Waals surface area contributed by atoms with Gasteiger partial charge in [-0.25, -0.2) is 0 Å². The molecule has 1 aromatic carbocycles. The number of pyridine rings is 1. The number of ether oxygens (including phenoxy) is 1. The van der Waals surface area contributed by atoms with Gasteiger partial charge in [0, 0.05) is 42.3 Å². The van der Waals surface area contributed by atoms with Crippen molar-refractivity contribution in [2.24, 2.45) is 0 Å². The highest BCUT2D eigenvalue weighted by Gasteiger charge is 2.26. The lowest BCUT2D eigenvalue weighted by Crippen LogP contribution is -2.39. The number of nitrogens with one attached hydrogen (secondary N) is 1. The maximum absolute atomic E-state index is 12.5. The normalized spacial score (nSPS) is 15.1. The van der Waals surface area contributed by atoms with Crippen LogP contribution in [0.4, 0.5) is 0 Å². The van der Waals surface area contributed by atoms with E-state index < -0.39 is 0 Å². The maximum Gasteiger partial charge on any atom is 0.251 e. The van der Waals surface area contributed by atoms with Gasteiger partial charge in [-0.15, -0.1) is 0 Å². The number of aromatic nitrogens is 2. The van der Waals surface area contributed by atoms with Crippen molar-refractivity contribution in [2.75, 3.05) is 26.0 Å². The smallest absolute Gasteiger partial charge is 0.251 e. The zero-order valence-corrected chi connectivity index (χ0v) is 16.6. The molecule has 1 amide bonds. The van der Waals surface area contributed by atoms with E-state index in [1.165, 1.54) is 28.9 Å². The summed E-state index contributed by atoms with van der Waals surface area (Å²) < 4.78 is 6.16. The van der Waals surface area contributed by atoms with Crippen LogP contribution in [0.2, 0.25) is 0 Å². The topological polar surface area (TPSA) is 72.3 Å². The molecule has 1 saturated heterocycles. The van der Waals surface area contributed by atoms with E-state index in [4.69, 9.17) is 4.74 Å². The van der Waals surface area contributed by atoms with Crippen LogP contribution >= 0.6 is 11.8 Å². The first kappa shape index (κ1) is 18.7. The van der Waals surface area contributed by atoms with Gasteiger partial charge in [-0.3, -0.25) is 4.79 Å². The van der Waals surface area contributed by atoms with Crippen LogP contribution in [0, 0.1) is 5.21 Å². The molecule has 1 aliphatic rings. The molecule has 1 aliphatic heterocycles. The Kier molecular flexibility index (Phi) is 5.43. The van der Waals surface area contributed by atoms with Gasteiger partial charge in [-0.05, 0) is 60.4 Å². The standard InChI is InChI=1S/C21H23N3O3S/c1-27-16-5-6-19-17(12-16)18(13-22-19)15-7-10-23(11-8-15)20(25)14-28-21-4-2-3-9-24(21)26/h2-6,9,12-13,15,22H,7-8,10-11,14H2,1H3. The number of piperidine rings is 1. The molecule has 1 fully saturated rings. The highest BCUT2D eigenvalue weighted by molar-refractivity contribution is 7.99. The molecule has 3 heterocycles. The lowest BCUT2D eigenvalue weighted by Gasteiger charge is -2.32. The van der Waals surface area contributed by atoms with E-state index in [0.29, 0.717) is 16.7 Å². The van der Waals surface area contributed by atoms with E-state index in [-0.39, 0.29) is 5.91 Å². The quantitative estimate of drug-likeness (QED) is 0.407. The molecule has 0 saturated carbocycles. The minimum atomic E-state index is 0.0906. The Morgan fingerprint density at radius 1 is 1.32 bits per heavy atom. The van der Waals surface area contributed by atoms with Gasteiger partial charge >= 0.3 is 0 Å². The number of carbonyl (C=O) groups is 1. The minimum absolute atomic E-state index is 0.0906. The van der Waals surface area contributed by atoms with Crippen molar-refractivity contribution in [1.82, 2.24) is 9.88 Å². The van der Waals surface area contributed by atoms with E-state index in [2.05, 4.69) is 17.2 Å². The molecule has 0 spiro atoms. The van der Waals surface area contributed by atoms with Crippen LogP contribution in [0.3, 0.4) is 0 Å². The van der Waals surface area contributed by atoms with Crippen LogP contribution in [0.15, 0.2) is 53.8 Å². The number of hydrogen-bond acceptors (Lipinski definition) is 4. The number of H-pyrrole nitrogens is 1. The second-order valence-corrected chi connectivity index (χ2v) is 7.96. The van der Waals surface area contributed by atoms with Gasteiger partial charge in [0.05, 0.1) is 12.9 Å². The fraction of sp³-hybridized carbons (Fsp3) is 0.333. The molecule has 3 aromatic rings. The van der Waals surface area contributed by atoms with E-state index >= 15 is 0 Å². The van der Waals surface area contributed by atoms with Crippen LogP contribution in [-0.2, 0) is 4.79 Å². The largest absolute Gasteiger partial charge is 0.618 e. The molecule has 6 nitrogen and oxygen atoms in total. The molecule has 0 unspecified atom stereocenters. The third-order valence-corrected chi connectivity index (χ3v) is 6.34. The second-order valence-electron chi connectivity index (χ2n) is 6.96. The van der Waals surface area contributed by atoms with Crippen molar-refractivity contribution in [1.29, 1.82) is 0 Å². The summed E-state index contributed by atoms with van der Waals surface area (Å²) in [5.74, 6) is 1.67. The van der Waals surface area contributed by atoms with Crippen LogP contribution in [0.25, 0.3) is 10.9 Å². The van der Waals surface area contributed by atoms with Crippen molar-refractivity contribution >= 4 is 28.6 Å². The van der Waals surface area contributed by atoms with Gasteiger partial charge in [0.2, 0.25) is 5.91 Å². The van der Waals surface area contributed by atoms with Crippen LogP contribution < -0.4 is 9.47 Å². The molecule has 1 N–H and O–H groups in total. The summed E-state index contributed by atoms with van der Waals surface area (Å²) in [6.07, 6.45) is 5.42. The highest BCUT2D eigenvalue weighted by atomic mass is 32.2. The molecule has 0 atom stereocenters. The average Bonchev–Trinajstić information content (AvgIpc) is 3.16. The molecule has 0 bridgehead atoms. The number of thioether (sulfide) groups is 1. The van der Waals surface area contributed by atoms with E-state index in [0.717, 1.165) is 41.9 Å². The Bertz CT molecular complexity index is 980. The average molecular weight is 398 g/mol. The molecule has 4 rings (SSSR count). The third-order valence-electron chi connectivity index (χ3n) is 5.34. The number of benzene rings is 1. The Hall–Kier alpha value is -2.67. The summed E-state index contributed by atoms with van der Waals surface area (Å²) in [7, 11) is 1.68. The van der Waals surface area contributed by atoms with Crippen LogP contribution in [-0.4, -0.2) is 41.7 Å². The zero-order chi connectivity index (χ0) is 19.5. The van der Waals surface area contributed by atoms with E-state index in [1.54, 1.807) is 19.2 Å². The third kappa shape index (κ3) is 3.80. The molecule has 28 heavy (non-hydrogen) atoms. The fourth-order valence-corrected chi connectivity index (χ4v) is 4.59. The van der Waals surface area contributed by atoms with Crippen molar-refractivity contribution in [3.63, 3.8) is 0 Å². The molecule has 0 radical (unpaired) electrons. The lowest BCUT2D eigenvalue weighted by atomic mass is 9.89. The number of fused-ring (bicyclic) bond motifs is 1. The number of aromatic amines is 1. The predicted molar refractivity (Wildman–Crippen MR) is 110 cm³/mol. The van der Waals surface area contributed by atoms with Gasteiger partial charge in [0.25, 0.3) is 5.03 Å². The van der Waals surface area contributed by atoms with Crippen LogP contribution in [0.5, 0.6) is 5.75 Å². The molecule has 146 valence electrons. The number of hydrogen-bond donors (Lipinski definition) is 1. The monoisotopic (exact) mass is 397 g/mol. The summed E-state index contributed by atoms with van der Waals surface area (Å²) in [4.78, 5) is 17.8. The summed E-state index contributed by atoms with van der Waals surface area (Å²) in [5.41, 5.74) is 2.41. The summed E-state index contributed by atoms with van der Waals surface area (Å²) in [5, 5.41) is 13.4. The summed E-state index contributed by atoms with van der Waals surface area (Å²) in [6, 6.07) is 11.3. The van der Waals surface area contributed by atoms with Gasteiger partial charge in [0.15, 0.2) is 6.20 Å². The first-order valence-electron chi connectivity index (χ1n) is 9.39.